The minimum absolute atomic E-state index is 0.0309. The van der Waals surface area contributed by atoms with Crippen LogP contribution >= 0.6 is 0 Å². The molecular weight excluding hydrogens is 1900 g/mol. The third kappa shape index (κ3) is 46.5. The quantitative estimate of drug-likeness (QED) is 0.0511. The third-order valence-electron chi connectivity index (χ3n) is 24.2. The van der Waals surface area contributed by atoms with Crippen molar-refractivity contribution >= 4 is 29.5 Å². The highest BCUT2D eigenvalue weighted by atomic mass is 32.2. The van der Waals surface area contributed by atoms with Crippen LogP contribution in [-0.2, 0) is 68.0 Å². The molecule has 18 rings (SSSR count). The van der Waals surface area contributed by atoms with Crippen LogP contribution in [0.3, 0.4) is 0 Å². The monoisotopic (exact) mass is 2110 g/mol. The maximum Gasteiger partial charge on any atom is 0.180 e. The molecule has 9 aliphatic rings. The summed E-state index contributed by atoms with van der Waals surface area (Å²) in [5.74, 6) is 0.555. The zero-order valence-corrected chi connectivity index (χ0v) is 103. The number of nitrogens with one attached hydrogen (secondary N) is 9. The Morgan fingerprint density at radius 3 is 0.604 bits per heavy atom. The highest BCUT2D eigenvalue weighted by Gasteiger charge is 2.40. The second kappa shape index (κ2) is 68.6. The van der Waals surface area contributed by atoms with E-state index < -0.39 is 29.5 Å². The molecule has 0 bridgehead atoms. The van der Waals surface area contributed by atoms with Crippen molar-refractivity contribution in [1.82, 2.24) is 47.9 Å². The number of hydrogen-bond acceptors (Lipinski definition) is 18. The van der Waals surface area contributed by atoms with Gasteiger partial charge in [-0.1, -0.05) is 380 Å². The summed E-state index contributed by atoms with van der Waals surface area (Å²) in [6, 6.07) is 75.9. The van der Waals surface area contributed by atoms with E-state index in [0.29, 0.717) is 38.9 Å². The van der Waals surface area contributed by atoms with Gasteiger partial charge in [-0.15, -0.1) is 0 Å². The van der Waals surface area contributed by atoms with Crippen LogP contribution in [0.2, 0.25) is 0 Å². The van der Waals surface area contributed by atoms with Gasteiger partial charge in [0.25, 0.3) is 0 Å². The van der Waals surface area contributed by atoms with Crippen molar-refractivity contribution in [1.29, 1.82) is 0 Å². The summed E-state index contributed by atoms with van der Waals surface area (Å²) in [6.45, 7) is 85.2. The van der Waals surface area contributed by atoms with Gasteiger partial charge in [0.2, 0.25) is 0 Å². The van der Waals surface area contributed by atoms with Crippen molar-refractivity contribution in [3.8, 4) is 0 Å². The fourth-order valence-electron chi connectivity index (χ4n) is 19.2. The first-order valence-electron chi connectivity index (χ1n) is 56.7. The van der Waals surface area contributed by atoms with E-state index in [2.05, 4.69) is 275 Å². The van der Waals surface area contributed by atoms with E-state index in [1.807, 2.05) is 239 Å². The zero-order valence-electron chi connectivity index (χ0n) is 101. The molecule has 0 fully saturated rings. The average molecular weight is 2120 g/mol. The average Bonchev–Trinajstić information content (AvgIpc) is 1.64. The molecule has 12 N–H and O–H groups in total. The van der Waals surface area contributed by atoms with Gasteiger partial charge in [-0.2, -0.15) is 0 Å². The summed E-state index contributed by atoms with van der Waals surface area (Å²) < 4.78 is 70.8. The van der Waals surface area contributed by atoms with E-state index in [-0.39, 0.29) is 118 Å². The molecule has 6 aliphatic carbocycles. The van der Waals surface area contributed by atoms with Gasteiger partial charge in [-0.05, 0) is 244 Å². The SMILES string of the molecule is CC.CC.CC.CC.CC.CC.CC.CC.CC.CC(C)(C)NC1CCc2ccccc21.CC(C)(C)NC1c2ccccc2CC1O.CC(C)(C)N[C@@H]1CCc2ccccc21.CC(C)(C)N[C@@H]1c2ccccc2C[C@H]1O.CC(C)(C)N[C@H]1CCc2ccccc21.CC(C)NC1CS(=O)(=O)c2ccccc21.CC(C)N[C@@H]1CS(=O)(=O)c2ccccc21.CC(C)N[C@@H]1c2ccccc2C[C@@H]1O.CC(C)N[C@H]1CS(=O)(=O)c2ccccc21. The Morgan fingerprint density at radius 2 is 0.396 bits per heavy atom. The molecule has 840 valence electrons. The molecule has 0 spiro atoms. The van der Waals surface area contributed by atoms with E-state index in [1.165, 1.54) is 105 Å². The maximum atomic E-state index is 11.8. The number of aliphatic hydroxyl groups excluding tert-OH is 3. The molecule has 0 aromatic heterocycles. The molecule has 0 saturated heterocycles. The predicted octanol–water partition coefficient (Wildman–Crippen LogP) is 28.7. The first-order chi connectivity index (χ1) is 70.3. The number of fused-ring (bicyclic) bond motifs is 9. The Balaban J connectivity index is 0.000000821. The van der Waals surface area contributed by atoms with Gasteiger partial charge >= 0.3 is 0 Å². The Morgan fingerprint density at radius 1 is 0.221 bits per heavy atom. The van der Waals surface area contributed by atoms with Crippen molar-refractivity contribution in [2.75, 3.05) is 17.3 Å². The molecule has 149 heavy (non-hydrogen) atoms. The van der Waals surface area contributed by atoms with Crippen LogP contribution in [0.15, 0.2) is 233 Å². The minimum Gasteiger partial charge on any atom is -0.391 e. The smallest absolute Gasteiger partial charge is 0.180 e. The lowest BCUT2D eigenvalue weighted by atomic mass is 10.0. The van der Waals surface area contributed by atoms with E-state index in [9.17, 15) is 40.6 Å². The number of benzene rings is 9. The van der Waals surface area contributed by atoms with Crippen LogP contribution in [0.5, 0.6) is 0 Å². The van der Waals surface area contributed by atoms with Crippen LogP contribution in [0.4, 0.5) is 0 Å². The second-order valence-electron chi connectivity index (χ2n) is 43.1. The van der Waals surface area contributed by atoms with Crippen molar-refractivity contribution in [3.05, 3.63) is 302 Å². The molecular formula is C128H211N9O9S3. The lowest BCUT2D eigenvalue weighted by molar-refractivity contribution is 0.126. The van der Waals surface area contributed by atoms with E-state index in [1.54, 1.807) is 36.4 Å². The summed E-state index contributed by atoms with van der Waals surface area (Å²) >= 11 is 0. The van der Waals surface area contributed by atoms with E-state index in [0.717, 1.165) is 36.0 Å². The first-order valence-corrected chi connectivity index (χ1v) is 61.7. The molecule has 0 amide bonds. The van der Waals surface area contributed by atoms with Crippen molar-refractivity contribution in [2.45, 2.75) is 481 Å². The number of aliphatic hydroxyl groups is 3. The molecule has 12 atom stereocenters. The summed E-state index contributed by atoms with van der Waals surface area (Å²) in [7, 11) is -9.19. The molecule has 18 nitrogen and oxygen atoms in total. The summed E-state index contributed by atoms with van der Waals surface area (Å²) in [4.78, 5) is 1.47. The number of sulfone groups is 3. The third-order valence-corrected chi connectivity index (χ3v) is 29.6. The molecule has 3 aliphatic heterocycles. The fourth-order valence-corrected chi connectivity index (χ4v) is 24.5. The minimum atomic E-state index is -3.06. The van der Waals surface area contributed by atoms with Crippen molar-refractivity contribution < 1.29 is 40.6 Å². The van der Waals surface area contributed by atoms with Crippen molar-refractivity contribution in [2.24, 2.45) is 0 Å². The van der Waals surface area contributed by atoms with Gasteiger partial charge in [0.05, 0.1) is 68.4 Å². The van der Waals surface area contributed by atoms with Crippen LogP contribution in [0.1, 0.15) is 441 Å². The fraction of sp³-hybridized carbons (Fsp3) is 0.578. The lowest BCUT2D eigenvalue weighted by Gasteiger charge is -2.28. The Labute approximate surface area is 911 Å². The molecule has 0 radical (unpaired) electrons. The Kier molecular flexibility index (Phi) is 64.1. The van der Waals surface area contributed by atoms with Gasteiger partial charge < -0.3 is 63.2 Å². The van der Waals surface area contributed by atoms with Gasteiger partial charge in [0.1, 0.15) is 0 Å². The van der Waals surface area contributed by atoms with Gasteiger partial charge in [-0.3, -0.25) is 0 Å². The largest absolute Gasteiger partial charge is 0.391 e. The summed E-state index contributed by atoms with van der Waals surface area (Å²) in [5.41, 5.74) is 20.1. The van der Waals surface area contributed by atoms with Crippen molar-refractivity contribution in [3.63, 3.8) is 0 Å². The molecule has 3 heterocycles. The number of rotatable bonds is 13. The standard InChI is InChI=1S/2C13H19NO.3C13H19N.C12H17NO.3C11H15NO2S.9C2H6/c2*1-13(2,3)14-12-10-7-5-4-6-9(10)8-11(12)15;3*1-13(2,3)14-12-9-8-10-6-4-5-7-11(10)12;1-8(2)13-12-10-6-4-3-5-9(10)7-11(12)14;3*1-8(2)12-10-7-15(13,14)11-6-4-3-5-9(10)11;9*1-2/h2*4-7,11-12,14-15H,8H2,1-3H3;3*4-7,12,14H,8-9H2,1-3H3;3-6,8,11-14H,7H2,1-2H3;3*3-6,8,10,12H,7H2,1-2H3;9*1-2H3/t11-,12-;;2*12-;;11-,12+;2*10-;;;;;;;;;;/m1.10.010........../s1. The van der Waals surface area contributed by atoms with Gasteiger partial charge in [-0.25, -0.2) is 25.3 Å². The van der Waals surface area contributed by atoms with Gasteiger partial charge in [0.15, 0.2) is 29.5 Å². The lowest BCUT2D eigenvalue weighted by Crippen LogP contribution is -2.42. The summed E-state index contributed by atoms with van der Waals surface area (Å²) in [6.07, 6.45) is 8.88. The highest BCUT2D eigenvalue weighted by molar-refractivity contribution is 7.92. The normalized spacial score (nSPS) is 20.7. The summed E-state index contributed by atoms with van der Waals surface area (Å²) in [5, 5.41) is 61.1. The molecule has 9 aromatic rings. The van der Waals surface area contributed by atoms with Crippen LogP contribution in [0.25, 0.3) is 0 Å². The van der Waals surface area contributed by atoms with Gasteiger partial charge in [0, 0.05) is 107 Å². The van der Waals surface area contributed by atoms with Crippen LogP contribution < -0.4 is 47.9 Å². The zero-order chi connectivity index (χ0) is 114. The maximum absolute atomic E-state index is 11.8. The first kappa shape index (κ1) is 139. The highest BCUT2D eigenvalue weighted by Crippen LogP contribution is 2.41. The Bertz CT molecular complexity index is 5110. The Hall–Kier alpha value is -7.65. The second-order valence-corrected chi connectivity index (χ2v) is 49.1. The molecule has 9 aromatic carbocycles. The van der Waals surface area contributed by atoms with E-state index in [4.69, 9.17) is 0 Å². The molecule has 21 heteroatoms. The van der Waals surface area contributed by atoms with Crippen LogP contribution in [-0.4, -0.2) is 128 Å². The van der Waals surface area contributed by atoms with Crippen LogP contribution in [0, 0.1) is 0 Å². The topological polar surface area (TPSA) is 271 Å². The predicted molar refractivity (Wildman–Crippen MR) is 643 cm³/mol. The molecule has 0 saturated carbocycles. The number of aryl methyl sites for hydroxylation is 3. The molecule has 4 unspecified atom stereocenters. The van der Waals surface area contributed by atoms with E-state index >= 15 is 0 Å². The number of hydrogen-bond donors (Lipinski definition) is 12.